The van der Waals surface area contributed by atoms with Crippen LogP contribution < -0.4 is 10.1 Å². The molecule has 0 aliphatic heterocycles. The number of carbonyl (C=O) groups excluding carboxylic acids is 1. The van der Waals surface area contributed by atoms with Gasteiger partial charge in [-0.05, 0) is 50.1 Å². The van der Waals surface area contributed by atoms with E-state index in [0.29, 0.717) is 22.7 Å². The molecule has 6 heteroatoms. The largest absolute Gasteiger partial charge is 0.481 e. The molecule has 2 rings (SSSR count). The van der Waals surface area contributed by atoms with Crippen molar-refractivity contribution < 1.29 is 19.4 Å². The quantitative estimate of drug-likeness (QED) is 0.851. The van der Waals surface area contributed by atoms with E-state index in [0.717, 1.165) is 5.56 Å². The third-order valence-corrected chi connectivity index (χ3v) is 3.15. The van der Waals surface area contributed by atoms with Gasteiger partial charge in [-0.1, -0.05) is 12.1 Å². The Morgan fingerprint density at radius 3 is 2.50 bits per heavy atom. The zero-order valence-electron chi connectivity index (χ0n) is 13.9. The van der Waals surface area contributed by atoms with E-state index in [-0.39, 0.29) is 18.4 Å². The molecule has 1 amide bonds. The molecule has 0 bridgehead atoms. The number of aliphatic carboxylic acids is 1. The van der Waals surface area contributed by atoms with Crippen LogP contribution in [0.2, 0.25) is 0 Å². The highest BCUT2D eigenvalue weighted by molar-refractivity contribution is 6.04. The van der Waals surface area contributed by atoms with Gasteiger partial charge in [0.2, 0.25) is 5.88 Å². The minimum atomic E-state index is -0.909. The summed E-state index contributed by atoms with van der Waals surface area (Å²) in [4.78, 5) is 27.3. The summed E-state index contributed by atoms with van der Waals surface area (Å²) in [6.07, 6.45) is 1.54. The van der Waals surface area contributed by atoms with Gasteiger partial charge in [-0.15, -0.1) is 0 Å². The first-order valence-electron chi connectivity index (χ1n) is 7.60. The van der Waals surface area contributed by atoms with Gasteiger partial charge in [0, 0.05) is 11.8 Å². The normalized spacial score (nSPS) is 10.5. The number of hydrogen-bond acceptors (Lipinski definition) is 4. The maximum absolute atomic E-state index is 12.4. The fourth-order valence-corrected chi connectivity index (χ4v) is 2.11. The number of ether oxygens (including phenoxy) is 1. The van der Waals surface area contributed by atoms with E-state index in [1.54, 1.807) is 36.5 Å². The van der Waals surface area contributed by atoms with Gasteiger partial charge < -0.3 is 15.2 Å². The van der Waals surface area contributed by atoms with Crippen molar-refractivity contribution >= 4 is 17.6 Å². The van der Waals surface area contributed by atoms with E-state index in [9.17, 15) is 9.59 Å². The Labute approximate surface area is 140 Å². The summed E-state index contributed by atoms with van der Waals surface area (Å²) in [7, 11) is 0. The van der Waals surface area contributed by atoms with Crippen LogP contribution >= 0.6 is 0 Å². The van der Waals surface area contributed by atoms with Crippen LogP contribution in [0.4, 0.5) is 5.69 Å². The first-order chi connectivity index (χ1) is 11.3. The van der Waals surface area contributed by atoms with Crippen LogP contribution in [0.1, 0.15) is 35.3 Å². The molecule has 2 N–H and O–H groups in total. The maximum Gasteiger partial charge on any atom is 0.307 e. The summed E-state index contributed by atoms with van der Waals surface area (Å²) in [5, 5.41) is 11.6. The van der Waals surface area contributed by atoms with Crippen LogP contribution in [-0.2, 0) is 11.2 Å². The minimum absolute atomic E-state index is 0.0637. The Balaban J connectivity index is 2.17. The van der Waals surface area contributed by atoms with E-state index >= 15 is 0 Å². The number of carboxylic acids is 1. The van der Waals surface area contributed by atoms with Gasteiger partial charge in [0.15, 0.2) is 0 Å². The molecule has 0 spiro atoms. The third kappa shape index (κ3) is 4.81. The average Bonchev–Trinajstić information content (AvgIpc) is 2.49. The number of amides is 1. The molecule has 1 heterocycles. The van der Waals surface area contributed by atoms with Gasteiger partial charge in [-0.25, -0.2) is 4.98 Å². The number of nitrogens with one attached hydrogen (secondary N) is 1. The Morgan fingerprint density at radius 2 is 1.92 bits per heavy atom. The Kier molecular flexibility index (Phi) is 5.52. The van der Waals surface area contributed by atoms with E-state index in [4.69, 9.17) is 9.84 Å². The minimum Gasteiger partial charge on any atom is -0.481 e. The average molecular weight is 328 g/mol. The summed E-state index contributed by atoms with van der Waals surface area (Å²) in [6, 6.07) is 8.24. The molecule has 0 aliphatic rings. The Bertz CT molecular complexity index is 739. The van der Waals surface area contributed by atoms with Crippen LogP contribution in [0.3, 0.4) is 0 Å². The second kappa shape index (κ2) is 7.59. The summed E-state index contributed by atoms with van der Waals surface area (Å²) in [5.41, 5.74) is 2.47. The number of rotatable bonds is 6. The first-order valence-corrected chi connectivity index (χ1v) is 7.60. The summed E-state index contributed by atoms with van der Waals surface area (Å²) in [6.45, 7) is 5.64. The maximum atomic E-state index is 12.4. The monoisotopic (exact) mass is 328 g/mol. The van der Waals surface area contributed by atoms with Gasteiger partial charge in [-0.3, -0.25) is 9.59 Å². The highest BCUT2D eigenvalue weighted by Crippen LogP contribution is 2.24. The molecule has 6 nitrogen and oxygen atoms in total. The molecular formula is C18H20N2O4. The van der Waals surface area contributed by atoms with Crippen molar-refractivity contribution in [3.05, 3.63) is 53.2 Å². The van der Waals surface area contributed by atoms with Crippen molar-refractivity contribution in [1.29, 1.82) is 0 Å². The number of aromatic nitrogens is 1. The van der Waals surface area contributed by atoms with E-state index in [1.807, 2.05) is 20.8 Å². The van der Waals surface area contributed by atoms with Gasteiger partial charge >= 0.3 is 5.97 Å². The molecule has 126 valence electrons. The fraction of sp³-hybridized carbons (Fsp3) is 0.278. The SMILES string of the molecule is Cc1cnc(OC(C)C)c(NC(=O)c2ccc(CC(=O)O)cc2)c1. The predicted molar refractivity (Wildman–Crippen MR) is 90.5 cm³/mol. The Hall–Kier alpha value is -2.89. The molecule has 0 saturated carbocycles. The summed E-state index contributed by atoms with van der Waals surface area (Å²) < 4.78 is 5.61. The third-order valence-electron chi connectivity index (χ3n) is 3.15. The van der Waals surface area contributed by atoms with Crippen molar-refractivity contribution in [3.8, 4) is 5.88 Å². The number of aryl methyl sites for hydroxylation is 1. The lowest BCUT2D eigenvalue weighted by molar-refractivity contribution is -0.136. The second-order valence-corrected chi connectivity index (χ2v) is 5.75. The van der Waals surface area contributed by atoms with Crippen LogP contribution in [0.5, 0.6) is 5.88 Å². The van der Waals surface area contributed by atoms with Crippen LogP contribution in [0.15, 0.2) is 36.5 Å². The number of nitrogens with zero attached hydrogens (tertiary/aromatic N) is 1. The predicted octanol–water partition coefficient (Wildman–Crippen LogP) is 3.06. The standard InChI is InChI=1S/C18H20N2O4/c1-11(2)24-18-15(8-12(3)10-19-18)20-17(23)14-6-4-13(5-7-14)9-16(21)22/h4-8,10-11H,9H2,1-3H3,(H,20,23)(H,21,22). The Morgan fingerprint density at radius 1 is 1.25 bits per heavy atom. The van der Waals surface area contributed by atoms with Crippen molar-refractivity contribution in [2.24, 2.45) is 0 Å². The van der Waals surface area contributed by atoms with E-state index < -0.39 is 5.97 Å². The molecule has 0 atom stereocenters. The van der Waals surface area contributed by atoms with Crippen molar-refractivity contribution in [2.45, 2.75) is 33.3 Å². The molecule has 0 saturated heterocycles. The second-order valence-electron chi connectivity index (χ2n) is 5.75. The number of carbonyl (C=O) groups is 2. The van der Waals surface area contributed by atoms with Gasteiger partial charge in [0.25, 0.3) is 5.91 Å². The van der Waals surface area contributed by atoms with Crippen molar-refractivity contribution in [3.63, 3.8) is 0 Å². The lowest BCUT2D eigenvalue weighted by atomic mass is 10.1. The van der Waals surface area contributed by atoms with E-state index in [1.165, 1.54) is 0 Å². The molecular weight excluding hydrogens is 308 g/mol. The molecule has 1 aromatic carbocycles. The zero-order chi connectivity index (χ0) is 17.7. The molecule has 1 aromatic heterocycles. The van der Waals surface area contributed by atoms with Gasteiger partial charge in [-0.2, -0.15) is 0 Å². The molecule has 0 fully saturated rings. The number of pyridine rings is 1. The van der Waals surface area contributed by atoms with Crippen molar-refractivity contribution in [2.75, 3.05) is 5.32 Å². The van der Waals surface area contributed by atoms with E-state index in [2.05, 4.69) is 10.3 Å². The van der Waals surface area contributed by atoms with Crippen LogP contribution in [0, 0.1) is 6.92 Å². The van der Waals surface area contributed by atoms with Crippen molar-refractivity contribution in [1.82, 2.24) is 4.98 Å². The number of carboxylic acid groups (broad SMARTS) is 1. The van der Waals surface area contributed by atoms with Crippen LogP contribution in [-0.4, -0.2) is 28.1 Å². The number of benzene rings is 1. The smallest absolute Gasteiger partial charge is 0.307 e. The number of hydrogen-bond donors (Lipinski definition) is 2. The zero-order valence-corrected chi connectivity index (χ0v) is 13.9. The summed E-state index contributed by atoms with van der Waals surface area (Å²) >= 11 is 0. The lowest BCUT2D eigenvalue weighted by Crippen LogP contribution is -2.15. The highest BCUT2D eigenvalue weighted by atomic mass is 16.5. The molecule has 2 aromatic rings. The van der Waals surface area contributed by atoms with Gasteiger partial charge in [0.1, 0.15) is 5.69 Å². The first kappa shape index (κ1) is 17.5. The molecule has 0 unspecified atom stereocenters. The fourth-order valence-electron chi connectivity index (χ4n) is 2.11. The topological polar surface area (TPSA) is 88.5 Å². The van der Waals surface area contributed by atoms with Gasteiger partial charge in [0.05, 0.1) is 12.5 Å². The van der Waals surface area contributed by atoms with Crippen LogP contribution in [0.25, 0.3) is 0 Å². The lowest BCUT2D eigenvalue weighted by Gasteiger charge is -2.14. The molecule has 0 radical (unpaired) electrons. The summed E-state index contributed by atoms with van der Waals surface area (Å²) in [5.74, 6) is -0.849. The number of anilines is 1. The highest BCUT2D eigenvalue weighted by Gasteiger charge is 2.13. The molecule has 0 aliphatic carbocycles. The molecule has 24 heavy (non-hydrogen) atoms.